The summed E-state index contributed by atoms with van der Waals surface area (Å²) in [5.41, 5.74) is 3.43. The molecule has 0 spiro atoms. The van der Waals surface area contributed by atoms with E-state index in [0.717, 1.165) is 33.7 Å². The minimum atomic E-state index is -3.43. The molecule has 0 amide bonds. The Labute approximate surface area is 141 Å². The largest absolute Gasteiger partial charge is 0.457 e. The summed E-state index contributed by atoms with van der Waals surface area (Å²) < 4.78 is 31.9. The zero-order valence-corrected chi connectivity index (χ0v) is 14.4. The number of fused-ring (bicyclic) bond motifs is 3. The van der Waals surface area contributed by atoms with E-state index in [4.69, 9.17) is 8.92 Å². The van der Waals surface area contributed by atoms with Crippen LogP contribution in [0.5, 0.6) is 0 Å². The van der Waals surface area contributed by atoms with Crippen LogP contribution < -0.4 is 0 Å². The van der Waals surface area contributed by atoms with Crippen LogP contribution in [0.1, 0.15) is 34.8 Å². The molecule has 0 aliphatic carbocycles. The van der Waals surface area contributed by atoms with Crippen LogP contribution in [0.25, 0.3) is 16.3 Å². The smallest absolute Gasteiger partial charge is 0.339 e. The second-order valence-electron chi connectivity index (χ2n) is 5.78. The normalized spacial score (nSPS) is 14.8. The van der Waals surface area contributed by atoms with Crippen LogP contribution in [0.15, 0.2) is 36.4 Å². The monoisotopic (exact) mass is 346 g/mol. The Kier molecular flexibility index (Phi) is 4.43. The minimum Gasteiger partial charge on any atom is -0.457 e. The number of allylic oxidation sites excluding steroid dienone is 1. The molecular weight excluding hydrogens is 328 g/mol. The van der Waals surface area contributed by atoms with Crippen LogP contribution in [0.2, 0.25) is 0 Å². The third kappa shape index (κ3) is 3.34. The number of hydrogen-bond donors (Lipinski definition) is 0. The van der Waals surface area contributed by atoms with Crippen molar-refractivity contribution in [3.8, 4) is 0 Å². The average Bonchev–Trinajstić information content (AvgIpc) is 2.92. The zero-order valence-electron chi connectivity index (χ0n) is 13.5. The Bertz CT molecular complexity index is 941. The lowest BCUT2D eigenvalue weighted by Crippen LogP contribution is -2.03. The van der Waals surface area contributed by atoms with Gasteiger partial charge in [-0.2, -0.15) is 8.42 Å². The van der Waals surface area contributed by atoms with E-state index >= 15 is 0 Å². The molecule has 0 atom stereocenters. The number of cyclic esters (lactones) is 1. The van der Waals surface area contributed by atoms with Gasteiger partial charge in [-0.1, -0.05) is 30.3 Å². The molecule has 6 heteroatoms. The molecule has 0 bridgehead atoms. The third-order valence-corrected chi connectivity index (χ3v) is 4.59. The van der Waals surface area contributed by atoms with E-state index in [2.05, 4.69) is 0 Å². The first-order valence-electron chi connectivity index (χ1n) is 7.60. The first-order chi connectivity index (χ1) is 11.4. The fourth-order valence-corrected chi connectivity index (χ4v) is 3.32. The molecule has 0 unspecified atom stereocenters. The van der Waals surface area contributed by atoms with Crippen molar-refractivity contribution < 1.29 is 22.1 Å². The van der Waals surface area contributed by atoms with Crippen molar-refractivity contribution in [3.05, 3.63) is 53.1 Å². The summed E-state index contributed by atoms with van der Waals surface area (Å²) in [5, 5.41) is 1.87. The maximum atomic E-state index is 12.1. The van der Waals surface area contributed by atoms with E-state index in [1.165, 1.54) is 0 Å². The van der Waals surface area contributed by atoms with Crippen molar-refractivity contribution in [1.82, 2.24) is 0 Å². The van der Waals surface area contributed by atoms with Crippen molar-refractivity contribution in [2.75, 3.05) is 12.9 Å². The minimum absolute atomic E-state index is 0.0986. The molecule has 0 N–H and O–H groups in total. The standard InChI is InChI=1S/C18H18O5S/c1-12(6-5-9-23-24(2,20)21)15-10-13-7-3-4-8-14(13)17-16(15)11-22-18(17)19/h3-4,6-8,10H,5,9,11H2,1-2H3/b12-6+. The fraction of sp³-hybridized carbons (Fsp3) is 0.278. The highest BCUT2D eigenvalue weighted by molar-refractivity contribution is 7.85. The number of rotatable bonds is 5. The number of hydrogen-bond acceptors (Lipinski definition) is 5. The predicted molar refractivity (Wildman–Crippen MR) is 92.1 cm³/mol. The van der Waals surface area contributed by atoms with E-state index in [9.17, 15) is 13.2 Å². The Balaban J connectivity index is 1.96. The van der Waals surface area contributed by atoms with Crippen LogP contribution in [-0.4, -0.2) is 27.2 Å². The fourth-order valence-electron chi connectivity index (χ4n) is 2.92. The lowest BCUT2D eigenvalue weighted by molar-refractivity contribution is 0.0536. The maximum absolute atomic E-state index is 12.1. The Morgan fingerprint density at radius 3 is 2.83 bits per heavy atom. The van der Waals surface area contributed by atoms with Crippen LogP contribution >= 0.6 is 0 Å². The summed E-state index contributed by atoms with van der Waals surface area (Å²) in [6.45, 7) is 2.30. The van der Waals surface area contributed by atoms with Gasteiger partial charge in [-0.25, -0.2) is 4.79 Å². The molecule has 0 radical (unpaired) electrons. The summed E-state index contributed by atoms with van der Waals surface area (Å²) in [5.74, 6) is -0.295. The zero-order chi connectivity index (χ0) is 17.3. The van der Waals surface area contributed by atoms with Gasteiger partial charge in [-0.05, 0) is 41.3 Å². The molecule has 3 rings (SSSR count). The molecular formula is C18H18O5S. The third-order valence-electron chi connectivity index (χ3n) is 4.00. The van der Waals surface area contributed by atoms with Gasteiger partial charge in [0.25, 0.3) is 10.1 Å². The topological polar surface area (TPSA) is 69.7 Å². The lowest BCUT2D eigenvalue weighted by atomic mass is 9.92. The summed E-state index contributed by atoms with van der Waals surface area (Å²) in [6, 6.07) is 9.75. The molecule has 0 saturated carbocycles. The van der Waals surface area contributed by atoms with Gasteiger partial charge in [0.1, 0.15) is 6.61 Å². The van der Waals surface area contributed by atoms with Crippen LogP contribution in [-0.2, 0) is 25.6 Å². The molecule has 0 fully saturated rings. The average molecular weight is 346 g/mol. The highest BCUT2D eigenvalue weighted by Crippen LogP contribution is 2.34. The van der Waals surface area contributed by atoms with Crippen LogP contribution in [0, 0.1) is 0 Å². The van der Waals surface area contributed by atoms with Gasteiger partial charge in [-0.3, -0.25) is 4.18 Å². The van der Waals surface area contributed by atoms with E-state index in [0.29, 0.717) is 12.0 Å². The lowest BCUT2D eigenvalue weighted by Gasteiger charge is -2.10. The van der Waals surface area contributed by atoms with E-state index in [-0.39, 0.29) is 19.2 Å². The van der Waals surface area contributed by atoms with E-state index in [1.54, 1.807) is 0 Å². The highest BCUT2D eigenvalue weighted by atomic mass is 32.2. The van der Waals surface area contributed by atoms with Crippen LogP contribution in [0.3, 0.4) is 0 Å². The molecule has 0 saturated heterocycles. The first kappa shape index (κ1) is 16.7. The highest BCUT2D eigenvalue weighted by Gasteiger charge is 2.27. The molecule has 0 aromatic heterocycles. The molecule has 5 nitrogen and oxygen atoms in total. The SMILES string of the molecule is C/C(=C\CCOS(C)(=O)=O)c1cc2ccccc2c2c1COC2=O. The summed E-state index contributed by atoms with van der Waals surface area (Å²) in [6.07, 6.45) is 3.41. The summed E-state index contributed by atoms with van der Waals surface area (Å²) in [4.78, 5) is 12.1. The second-order valence-corrected chi connectivity index (χ2v) is 7.42. The molecule has 1 aliphatic rings. The van der Waals surface area contributed by atoms with E-state index < -0.39 is 10.1 Å². The van der Waals surface area contributed by atoms with Crippen molar-refractivity contribution in [1.29, 1.82) is 0 Å². The van der Waals surface area contributed by atoms with Crippen molar-refractivity contribution in [2.45, 2.75) is 20.0 Å². The van der Waals surface area contributed by atoms with Gasteiger partial charge in [0.05, 0.1) is 18.4 Å². The maximum Gasteiger partial charge on any atom is 0.339 e. The van der Waals surface area contributed by atoms with Gasteiger partial charge in [0, 0.05) is 5.56 Å². The summed E-state index contributed by atoms with van der Waals surface area (Å²) in [7, 11) is -3.43. The van der Waals surface area contributed by atoms with Gasteiger partial charge in [0.15, 0.2) is 0 Å². The number of carbonyl (C=O) groups excluding carboxylic acids is 1. The number of carbonyl (C=O) groups is 1. The molecule has 2 aromatic rings. The molecule has 1 aliphatic heterocycles. The molecule has 2 aromatic carbocycles. The van der Waals surface area contributed by atoms with Gasteiger partial charge < -0.3 is 4.74 Å². The van der Waals surface area contributed by atoms with Crippen LogP contribution in [0.4, 0.5) is 0 Å². The Morgan fingerprint density at radius 1 is 1.33 bits per heavy atom. The van der Waals surface area contributed by atoms with Crippen molar-refractivity contribution in [2.24, 2.45) is 0 Å². The van der Waals surface area contributed by atoms with Gasteiger partial charge in [-0.15, -0.1) is 0 Å². The molecule has 126 valence electrons. The molecule has 1 heterocycles. The van der Waals surface area contributed by atoms with Gasteiger partial charge in [0.2, 0.25) is 0 Å². The predicted octanol–water partition coefficient (Wildman–Crippen LogP) is 3.28. The first-order valence-corrected chi connectivity index (χ1v) is 9.42. The second kappa shape index (κ2) is 6.37. The Morgan fingerprint density at radius 2 is 2.08 bits per heavy atom. The van der Waals surface area contributed by atoms with E-state index in [1.807, 2.05) is 43.3 Å². The quantitative estimate of drug-likeness (QED) is 0.472. The Hall–Kier alpha value is -2.18. The van der Waals surface area contributed by atoms with Crippen molar-refractivity contribution in [3.63, 3.8) is 0 Å². The summed E-state index contributed by atoms with van der Waals surface area (Å²) >= 11 is 0. The van der Waals surface area contributed by atoms with Crippen molar-refractivity contribution >= 4 is 32.4 Å². The van der Waals surface area contributed by atoms with Gasteiger partial charge >= 0.3 is 5.97 Å². The number of esters is 1. The number of ether oxygens (including phenoxy) is 1. The number of benzene rings is 2. The molecule has 24 heavy (non-hydrogen) atoms.